The van der Waals surface area contributed by atoms with Crippen LogP contribution in [0.5, 0.6) is 0 Å². The standard InChI is InChI=1S/C15H22O3/c1-13(2)6-9-5-11(16)15(12(17)18-4)8-14(15,3)10(9)7-13/h9-10H,5-8H2,1-4H3/t9-,10+,14-,15+/m1/s1. The van der Waals surface area contributed by atoms with Crippen molar-refractivity contribution in [2.24, 2.45) is 28.1 Å². The Hall–Kier alpha value is -0.860. The van der Waals surface area contributed by atoms with Crippen LogP contribution in [-0.4, -0.2) is 18.9 Å². The van der Waals surface area contributed by atoms with Gasteiger partial charge in [0.1, 0.15) is 5.41 Å². The Morgan fingerprint density at radius 2 is 1.94 bits per heavy atom. The molecule has 0 spiro atoms. The maximum Gasteiger partial charge on any atom is 0.319 e. The molecule has 100 valence electrons. The molecule has 0 saturated heterocycles. The van der Waals surface area contributed by atoms with Crippen LogP contribution in [0.25, 0.3) is 0 Å². The van der Waals surface area contributed by atoms with Crippen LogP contribution in [0, 0.1) is 28.1 Å². The molecule has 3 aliphatic rings. The maximum atomic E-state index is 12.4. The summed E-state index contributed by atoms with van der Waals surface area (Å²) >= 11 is 0. The van der Waals surface area contributed by atoms with Gasteiger partial charge in [-0.15, -0.1) is 0 Å². The third-order valence-corrected chi connectivity index (χ3v) is 5.91. The highest BCUT2D eigenvalue weighted by molar-refractivity contribution is 6.09. The van der Waals surface area contributed by atoms with Gasteiger partial charge in [0.05, 0.1) is 7.11 Å². The zero-order chi connectivity index (χ0) is 13.3. The molecule has 3 saturated carbocycles. The lowest BCUT2D eigenvalue weighted by atomic mass is 9.68. The van der Waals surface area contributed by atoms with Crippen molar-refractivity contribution in [1.82, 2.24) is 0 Å². The van der Waals surface area contributed by atoms with E-state index in [4.69, 9.17) is 4.74 Å². The van der Waals surface area contributed by atoms with E-state index in [9.17, 15) is 9.59 Å². The third kappa shape index (κ3) is 1.20. The summed E-state index contributed by atoms with van der Waals surface area (Å²) in [6.07, 6.45) is 3.55. The van der Waals surface area contributed by atoms with Crippen LogP contribution in [0.4, 0.5) is 0 Å². The average molecular weight is 250 g/mol. The van der Waals surface area contributed by atoms with Crippen LogP contribution < -0.4 is 0 Å². The first kappa shape index (κ1) is 12.2. The Labute approximate surface area is 108 Å². The second-order valence-corrected chi connectivity index (χ2v) is 7.56. The first-order chi connectivity index (χ1) is 8.27. The Bertz CT molecular complexity index is 439. The summed E-state index contributed by atoms with van der Waals surface area (Å²) in [5.74, 6) is 0.844. The predicted molar refractivity (Wildman–Crippen MR) is 66.8 cm³/mol. The summed E-state index contributed by atoms with van der Waals surface area (Å²) in [5.41, 5.74) is -0.607. The van der Waals surface area contributed by atoms with Crippen LogP contribution in [0.15, 0.2) is 0 Å². The van der Waals surface area contributed by atoms with E-state index in [0.717, 1.165) is 12.8 Å². The molecule has 0 amide bonds. The molecule has 3 nitrogen and oxygen atoms in total. The number of carbonyl (C=O) groups is 2. The maximum absolute atomic E-state index is 12.4. The number of fused-ring (bicyclic) bond motifs is 3. The van der Waals surface area contributed by atoms with Crippen molar-refractivity contribution in [3.05, 3.63) is 0 Å². The van der Waals surface area contributed by atoms with Crippen molar-refractivity contribution in [1.29, 1.82) is 0 Å². The summed E-state index contributed by atoms with van der Waals surface area (Å²) in [7, 11) is 1.40. The molecule has 4 atom stereocenters. The lowest BCUT2D eigenvalue weighted by Gasteiger charge is -2.35. The average Bonchev–Trinajstić information content (AvgIpc) is 2.82. The molecule has 0 aromatic rings. The monoisotopic (exact) mass is 250 g/mol. The van der Waals surface area contributed by atoms with E-state index >= 15 is 0 Å². The minimum absolute atomic E-state index is 0.131. The number of methoxy groups -OCH3 is 1. The minimum Gasteiger partial charge on any atom is -0.468 e. The molecular weight excluding hydrogens is 228 g/mol. The topological polar surface area (TPSA) is 43.4 Å². The zero-order valence-electron chi connectivity index (χ0n) is 11.7. The van der Waals surface area contributed by atoms with E-state index in [-0.39, 0.29) is 17.2 Å². The van der Waals surface area contributed by atoms with Gasteiger partial charge in [0.25, 0.3) is 0 Å². The van der Waals surface area contributed by atoms with E-state index in [1.54, 1.807) is 0 Å². The van der Waals surface area contributed by atoms with Crippen LogP contribution in [-0.2, 0) is 14.3 Å². The molecule has 3 rings (SSSR count). The molecule has 0 unspecified atom stereocenters. The molecule has 0 heterocycles. The Morgan fingerprint density at radius 1 is 1.28 bits per heavy atom. The van der Waals surface area contributed by atoms with Gasteiger partial charge in [-0.3, -0.25) is 9.59 Å². The highest BCUT2D eigenvalue weighted by Crippen LogP contribution is 2.76. The molecule has 0 radical (unpaired) electrons. The van der Waals surface area contributed by atoms with Crippen molar-refractivity contribution >= 4 is 11.8 Å². The van der Waals surface area contributed by atoms with E-state index in [2.05, 4.69) is 20.8 Å². The summed E-state index contributed by atoms with van der Waals surface area (Å²) in [6, 6.07) is 0. The number of Topliss-reactive ketones (excluding diaryl/α,β-unsaturated/α-hetero) is 1. The van der Waals surface area contributed by atoms with Crippen LogP contribution in [0.3, 0.4) is 0 Å². The normalized spacial score (nSPS) is 48.3. The fourth-order valence-corrected chi connectivity index (χ4v) is 5.03. The Morgan fingerprint density at radius 3 is 2.56 bits per heavy atom. The van der Waals surface area contributed by atoms with E-state index < -0.39 is 5.41 Å². The second-order valence-electron chi connectivity index (χ2n) is 7.56. The SMILES string of the molecule is COC(=O)[C@@]12C[C@]1(C)[C@H]1CC(C)(C)C[C@H]1CC2=O. The summed E-state index contributed by atoms with van der Waals surface area (Å²) in [6.45, 7) is 6.68. The first-order valence-corrected chi connectivity index (χ1v) is 6.89. The second kappa shape index (κ2) is 3.17. The van der Waals surface area contributed by atoms with Crippen molar-refractivity contribution in [2.75, 3.05) is 7.11 Å². The van der Waals surface area contributed by atoms with Gasteiger partial charge in [0.2, 0.25) is 0 Å². The zero-order valence-corrected chi connectivity index (χ0v) is 11.7. The van der Waals surface area contributed by atoms with Gasteiger partial charge in [-0.2, -0.15) is 0 Å². The van der Waals surface area contributed by atoms with Gasteiger partial charge in [-0.1, -0.05) is 20.8 Å². The lowest BCUT2D eigenvalue weighted by Crippen LogP contribution is -2.42. The summed E-state index contributed by atoms with van der Waals surface area (Å²) in [4.78, 5) is 24.5. The number of ketones is 1. The highest BCUT2D eigenvalue weighted by atomic mass is 16.5. The van der Waals surface area contributed by atoms with E-state index in [1.165, 1.54) is 7.11 Å². The fourth-order valence-electron chi connectivity index (χ4n) is 5.03. The third-order valence-electron chi connectivity index (χ3n) is 5.91. The number of hydrogen-bond donors (Lipinski definition) is 0. The summed E-state index contributed by atoms with van der Waals surface area (Å²) < 4.78 is 4.91. The quantitative estimate of drug-likeness (QED) is 0.530. The molecule has 18 heavy (non-hydrogen) atoms. The minimum atomic E-state index is -0.788. The molecule has 0 aliphatic heterocycles. The number of hydrogen-bond acceptors (Lipinski definition) is 3. The lowest BCUT2D eigenvalue weighted by molar-refractivity contribution is -0.156. The number of carbonyl (C=O) groups excluding carboxylic acids is 2. The Balaban J connectivity index is 1.97. The molecule has 3 fully saturated rings. The van der Waals surface area contributed by atoms with Gasteiger partial charge in [0.15, 0.2) is 5.78 Å². The molecular formula is C15H22O3. The van der Waals surface area contributed by atoms with Crippen LogP contribution in [0.2, 0.25) is 0 Å². The molecule has 0 bridgehead atoms. The van der Waals surface area contributed by atoms with Gasteiger partial charge in [-0.25, -0.2) is 0 Å². The van der Waals surface area contributed by atoms with Crippen molar-refractivity contribution in [3.8, 4) is 0 Å². The van der Waals surface area contributed by atoms with Crippen LogP contribution in [0.1, 0.15) is 46.5 Å². The smallest absolute Gasteiger partial charge is 0.319 e. The summed E-state index contributed by atoms with van der Waals surface area (Å²) in [5, 5.41) is 0. The van der Waals surface area contributed by atoms with Gasteiger partial charge in [-0.05, 0) is 41.9 Å². The molecule has 3 aliphatic carbocycles. The molecule has 0 aromatic heterocycles. The largest absolute Gasteiger partial charge is 0.468 e. The Kier molecular flexibility index (Phi) is 2.15. The molecule has 3 heteroatoms. The number of ether oxygens (including phenoxy) is 1. The fraction of sp³-hybridized carbons (Fsp3) is 0.867. The van der Waals surface area contributed by atoms with E-state index in [1.807, 2.05) is 0 Å². The first-order valence-electron chi connectivity index (χ1n) is 6.89. The number of esters is 1. The van der Waals surface area contributed by atoms with Crippen molar-refractivity contribution < 1.29 is 14.3 Å². The van der Waals surface area contributed by atoms with Gasteiger partial charge < -0.3 is 4.74 Å². The van der Waals surface area contributed by atoms with Crippen molar-refractivity contribution in [2.45, 2.75) is 46.5 Å². The van der Waals surface area contributed by atoms with Crippen LogP contribution >= 0.6 is 0 Å². The number of rotatable bonds is 1. The molecule has 0 aromatic carbocycles. The van der Waals surface area contributed by atoms with E-state index in [0.29, 0.717) is 30.1 Å². The predicted octanol–water partition coefficient (Wildman–Crippen LogP) is 2.58. The van der Waals surface area contributed by atoms with Gasteiger partial charge in [0, 0.05) is 6.42 Å². The molecule has 0 N–H and O–H groups in total. The van der Waals surface area contributed by atoms with Gasteiger partial charge >= 0.3 is 5.97 Å². The van der Waals surface area contributed by atoms with Crippen molar-refractivity contribution in [3.63, 3.8) is 0 Å². The highest BCUT2D eigenvalue weighted by Gasteiger charge is 2.80.